The number of halogens is 3. The predicted octanol–water partition coefficient (Wildman–Crippen LogP) is 5.45. The number of hydrogen-bond donors (Lipinski definition) is 1. The second-order valence-corrected chi connectivity index (χ2v) is 7.45. The fourth-order valence-electron chi connectivity index (χ4n) is 2.45. The average Bonchev–Trinajstić information content (AvgIpc) is 3.27. The molecular formula is C17H11F3N4S2. The largest absolute Gasteiger partial charge is 0.291 e. The molecule has 0 radical (unpaired) electrons. The lowest BCUT2D eigenvalue weighted by Gasteiger charge is -2.04. The number of hydrogen-bond acceptors (Lipinski definition) is 5. The molecule has 0 unspecified atom stereocenters. The maximum atomic E-state index is 14.4. The monoisotopic (exact) mass is 392 g/mol. The van der Waals surface area contributed by atoms with Crippen molar-refractivity contribution in [1.29, 1.82) is 0 Å². The quantitative estimate of drug-likeness (QED) is 0.459. The highest BCUT2D eigenvalue weighted by Crippen LogP contribution is 2.35. The number of rotatable bonds is 5. The first-order chi connectivity index (χ1) is 12.6. The lowest BCUT2D eigenvalue weighted by Crippen LogP contribution is -1.85. The lowest BCUT2D eigenvalue weighted by atomic mass is 10.2. The predicted molar refractivity (Wildman–Crippen MR) is 95.9 cm³/mol. The summed E-state index contributed by atoms with van der Waals surface area (Å²) in [6.45, 7) is 0. The van der Waals surface area contributed by atoms with Crippen LogP contribution in [0.15, 0.2) is 47.4 Å². The molecule has 1 N–H and O–H groups in total. The van der Waals surface area contributed by atoms with Gasteiger partial charge in [0.25, 0.3) is 6.43 Å². The van der Waals surface area contributed by atoms with Gasteiger partial charge < -0.3 is 0 Å². The molecule has 9 heteroatoms. The van der Waals surface area contributed by atoms with Gasteiger partial charge in [0.15, 0.2) is 10.0 Å². The molecule has 0 aliphatic heterocycles. The van der Waals surface area contributed by atoms with E-state index in [0.717, 1.165) is 16.9 Å². The van der Waals surface area contributed by atoms with Crippen molar-refractivity contribution in [3.63, 3.8) is 0 Å². The van der Waals surface area contributed by atoms with Gasteiger partial charge in [0.1, 0.15) is 11.5 Å². The van der Waals surface area contributed by atoms with Crippen LogP contribution in [0.3, 0.4) is 0 Å². The van der Waals surface area contributed by atoms with Crippen LogP contribution in [0.2, 0.25) is 0 Å². The van der Waals surface area contributed by atoms with Crippen molar-refractivity contribution in [2.75, 3.05) is 0 Å². The number of thioether (sulfide) groups is 1. The molecule has 0 atom stereocenters. The fraction of sp³-hybridized carbons (Fsp3) is 0.118. The van der Waals surface area contributed by atoms with E-state index >= 15 is 0 Å². The summed E-state index contributed by atoms with van der Waals surface area (Å²) in [6.07, 6.45) is -2.68. The summed E-state index contributed by atoms with van der Waals surface area (Å²) in [5.74, 6) is 0.254. The zero-order valence-electron chi connectivity index (χ0n) is 13.1. The zero-order chi connectivity index (χ0) is 18.1. The number of alkyl halides is 2. The highest BCUT2D eigenvalue weighted by molar-refractivity contribution is 7.98. The Morgan fingerprint density at radius 3 is 2.65 bits per heavy atom. The molecule has 0 aliphatic carbocycles. The summed E-state index contributed by atoms with van der Waals surface area (Å²) in [7, 11) is 0. The van der Waals surface area contributed by atoms with Gasteiger partial charge in [0.2, 0.25) is 0 Å². The Hall–Kier alpha value is -2.39. The van der Waals surface area contributed by atoms with Crippen LogP contribution in [0.25, 0.3) is 21.6 Å². The summed E-state index contributed by atoms with van der Waals surface area (Å²) >= 11 is 2.14. The van der Waals surface area contributed by atoms with E-state index in [4.69, 9.17) is 0 Å². The van der Waals surface area contributed by atoms with Crippen LogP contribution in [0.5, 0.6) is 0 Å². The van der Waals surface area contributed by atoms with Gasteiger partial charge in [-0.2, -0.15) is 5.10 Å². The Morgan fingerprint density at radius 2 is 1.92 bits per heavy atom. The smallest absolute Gasteiger partial charge is 0.277 e. The molecule has 0 spiro atoms. The summed E-state index contributed by atoms with van der Waals surface area (Å²) in [4.78, 5) is 0.461. The third kappa shape index (κ3) is 3.32. The third-order valence-electron chi connectivity index (χ3n) is 3.68. The van der Waals surface area contributed by atoms with E-state index in [1.54, 1.807) is 6.07 Å². The highest BCUT2D eigenvalue weighted by Gasteiger charge is 2.19. The SMILES string of the molecule is Fc1cc2[nH]nc(-c3nnc(C(F)F)s3)c2cc1SCc1ccccc1. The van der Waals surface area contributed by atoms with Crippen LogP contribution in [-0.2, 0) is 5.75 Å². The Bertz CT molecular complexity index is 1050. The number of H-pyrrole nitrogens is 1. The van der Waals surface area contributed by atoms with Gasteiger partial charge in [-0.1, -0.05) is 41.7 Å². The molecule has 4 nitrogen and oxygen atoms in total. The van der Waals surface area contributed by atoms with Crippen molar-refractivity contribution in [2.24, 2.45) is 0 Å². The molecule has 0 fully saturated rings. The minimum atomic E-state index is -2.68. The van der Waals surface area contributed by atoms with Gasteiger partial charge in [0, 0.05) is 22.1 Å². The Morgan fingerprint density at radius 1 is 1.12 bits per heavy atom. The van der Waals surface area contributed by atoms with E-state index in [0.29, 0.717) is 27.2 Å². The van der Waals surface area contributed by atoms with Crippen molar-refractivity contribution < 1.29 is 13.2 Å². The number of nitrogens with zero attached hydrogens (tertiary/aromatic N) is 3. The number of nitrogens with one attached hydrogen (secondary N) is 1. The minimum Gasteiger partial charge on any atom is -0.277 e. The maximum Gasteiger partial charge on any atom is 0.291 e. The van der Waals surface area contributed by atoms with Gasteiger partial charge in [-0.15, -0.1) is 22.0 Å². The highest BCUT2D eigenvalue weighted by atomic mass is 32.2. The molecule has 0 saturated heterocycles. The van der Waals surface area contributed by atoms with E-state index in [9.17, 15) is 13.2 Å². The van der Waals surface area contributed by atoms with Crippen LogP contribution >= 0.6 is 23.1 Å². The minimum absolute atomic E-state index is 0.275. The number of aromatic nitrogens is 4. The van der Waals surface area contributed by atoms with Gasteiger partial charge in [-0.25, -0.2) is 13.2 Å². The summed E-state index contributed by atoms with van der Waals surface area (Å²) in [6, 6.07) is 12.8. The number of aromatic amines is 1. The van der Waals surface area contributed by atoms with Gasteiger partial charge in [-0.3, -0.25) is 5.10 Å². The molecule has 0 saturated carbocycles. The zero-order valence-corrected chi connectivity index (χ0v) is 14.8. The van der Waals surface area contributed by atoms with E-state index in [-0.39, 0.29) is 15.8 Å². The number of benzene rings is 2. The van der Waals surface area contributed by atoms with Gasteiger partial charge in [0.05, 0.1) is 5.52 Å². The van der Waals surface area contributed by atoms with E-state index in [1.165, 1.54) is 17.8 Å². The van der Waals surface area contributed by atoms with E-state index in [2.05, 4.69) is 20.4 Å². The van der Waals surface area contributed by atoms with E-state index < -0.39 is 6.43 Å². The summed E-state index contributed by atoms with van der Waals surface area (Å²) < 4.78 is 39.8. The fourth-order valence-corrected chi connectivity index (χ4v) is 4.06. The average molecular weight is 392 g/mol. The first-order valence-corrected chi connectivity index (χ1v) is 9.38. The molecule has 0 bridgehead atoms. The van der Waals surface area contributed by atoms with Crippen molar-refractivity contribution in [3.8, 4) is 10.7 Å². The first-order valence-electron chi connectivity index (χ1n) is 7.58. The van der Waals surface area contributed by atoms with Crippen LogP contribution in [-0.4, -0.2) is 20.4 Å². The molecule has 4 rings (SSSR count). The Kier molecular flexibility index (Phi) is 4.64. The van der Waals surface area contributed by atoms with Crippen molar-refractivity contribution >= 4 is 34.0 Å². The van der Waals surface area contributed by atoms with Crippen molar-refractivity contribution in [3.05, 3.63) is 58.9 Å². The second-order valence-electron chi connectivity index (χ2n) is 5.42. The molecule has 4 aromatic rings. The van der Waals surface area contributed by atoms with Crippen molar-refractivity contribution in [1.82, 2.24) is 20.4 Å². The molecule has 132 valence electrons. The molecule has 2 aromatic carbocycles. The standard InChI is InChI=1S/C17H11F3N4S2/c18-11-7-12-10(6-13(11)25-8-9-4-2-1-3-5-9)14(22-21-12)16-23-24-17(26-16)15(19)20/h1-7,15H,8H2,(H,21,22). The molecule has 26 heavy (non-hydrogen) atoms. The first kappa shape index (κ1) is 17.0. The topological polar surface area (TPSA) is 54.5 Å². The Balaban J connectivity index is 1.68. The Labute approximate surface area is 154 Å². The summed E-state index contributed by atoms with van der Waals surface area (Å²) in [5, 5.41) is 14.6. The normalized spacial score (nSPS) is 11.5. The van der Waals surface area contributed by atoms with E-state index in [1.807, 2.05) is 30.3 Å². The molecular weight excluding hydrogens is 381 g/mol. The second kappa shape index (κ2) is 7.08. The van der Waals surface area contributed by atoms with Crippen LogP contribution in [0.4, 0.5) is 13.2 Å². The molecule has 0 aliphatic rings. The molecule has 0 amide bonds. The summed E-state index contributed by atoms with van der Waals surface area (Å²) in [5.41, 5.74) is 1.96. The lowest BCUT2D eigenvalue weighted by molar-refractivity contribution is 0.150. The number of fused-ring (bicyclic) bond motifs is 1. The van der Waals surface area contributed by atoms with Crippen LogP contribution in [0, 0.1) is 5.82 Å². The maximum absolute atomic E-state index is 14.4. The third-order valence-corrected chi connectivity index (χ3v) is 5.72. The molecule has 2 aromatic heterocycles. The van der Waals surface area contributed by atoms with Gasteiger partial charge >= 0.3 is 0 Å². The van der Waals surface area contributed by atoms with Crippen molar-refractivity contribution in [2.45, 2.75) is 17.1 Å². The molecule has 2 heterocycles. The van der Waals surface area contributed by atoms with Gasteiger partial charge in [-0.05, 0) is 11.6 Å². The van der Waals surface area contributed by atoms with Crippen LogP contribution < -0.4 is 0 Å². The van der Waals surface area contributed by atoms with Crippen LogP contribution in [0.1, 0.15) is 17.0 Å².